The molecule has 158 valence electrons. The second-order valence-corrected chi connectivity index (χ2v) is 9.78. The number of hydrogen-bond acceptors (Lipinski definition) is 6. The first-order valence-corrected chi connectivity index (χ1v) is 11.6. The van der Waals surface area contributed by atoms with Gasteiger partial charge in [0.05, 0.1) is 11.4 Å². The van der Waals surface area contributed by atoms with Gasteiger partial charge in [-0.05, 0) is 61.9 Å². The lowest BCUT2D eigenvalue weighted by Gasteiger charge is -2.38. The van der Waals surface area contributed by atoms with E-state index in [1.807, 2.05) is 12.1 Å². The maximum Gasteiger partial charge on any atom is 0.259 e. The average molecular weight is 425 g/mol. The van der Waals surface area contributed by atoms with E-state index in [0.29, 0.717) is 11.7 Å². The highest BCUT2D eigenvalue weighted by molar-refractivity contribution is 7.18. The third kappa shape index (κ3) is 3.50. The highest BCUT2D eigenvalue weighted by Crippen LogP contribution is 2.36. The number of rotatable bonds is 3. The van der Waals surface area contributed by atoms with Crippen molar-refractivity contribution in [1.29, 1.82) is 0 Å². The summed E-state index contributed by atoms with van der Waals surface area (Å²) in [5, 5.41) is 10.3. The van der Waals surface area contributed by atoms with E-state index >= 15 is 0 Å². The molecule has 5 rings (SSSR count). The van der Waals surface area contributed by atoms with E-state index < -0.39 is 0 Å². The molecule has 0 radical (unpaired) electrons. The van der Waals surface area contributed by atoms with Gasteiger partial charge in [0.2, 0.25) is 0 Å². The monoisotopic (exact) mass is 424 g/mol. The van der Waals surface area contributed by atoms with E-state index in [2.05, 4.69) is 28.6 Å². The Bertz CT molecular complexity index is 1110. The summed E-state index contributed by atoms with van der Waals surface area (Å²) in [6.45, 7) is 8.05. The van der Waals surface area contributed by atoms with Crippen molar-refractivity contribution in [2.75, 3.05) is 31.1 Å². The Hall–Kier alpha value is -2.38. The van der Waals surface area contributed by atoms with Crippen LogP contribution < -0.4 is 10.5 Å². The predicted octanol–water partition coefficient (Wildman–Crippen LogP) is 3.70. The Kier molecular flexibility index (Phi) is 5.03. The summed E-state index contributed by atoms with van der Waals surface area (Å²) in [5.74, 6) is 1.76. The molecular formula is C23H28N4O2S. The standard InChI is InChI=1S/C23H28N4O2S/c1-14-3-8-18-19(13-14)30-23-20(18)22(29)24-21(25-23)15(2)26-9-11-27(12-10-26)16-4-6-17(28)7-5-16/h4-7,14-15,28H,3,8-13H2,1-2H3,(H,24,25,29)/t14-,15+/m0/s1. The van der Waals surface area contributed by atoms with Gasteiger partial charge in [0, 0.05) is 36.7 Å². The van der Waals surface area contributed by atoms with Gasteiger partial charge in [0.1, 0.15) is 16.4 Å². The molecule has 2 atom stereocenters. The van der Waals surface area contributed by atoms with Crippen molar-refractivity contribution in [2.24, 2.45) is 5.92 Å². The van der Waals surface area contributed by atoms with Crippen LogP contribution in [0.15, 0.2) is 29.1 Å². The first-order valence-electron chi connectivity index (χ1n) is 10.8. The summed E-state index contributed by atoms with van der Waals surface area (Å²) in [7, 11) is 0. The normalized spacial score (nSPS) is 21.0. The molecule has 0 amide bonds. The number of fused-ring (bicyclic) bond motifs is 3. The number of thiophene rings is 1. The van der Waals surface area contributed by atoms with E-state index in [9.17, 15) is 9.90 Å². The topological polar surface area (TPSA) is 72.5 Å². The van der Waals surface area contributed by atoms with E-state index in [0.717, 1.165) is 67.2 Å². The van der Waals surface area contributed by atoms with Gasteiger partial charge in [-0.1, -0.05) is 6.92 Å². The average Bonchev–Trinajstić information content (AvgIpc) is 3.11. The maximum absolute atomic E-state index is 12.9. The minimum absolute atomic E-state index is 0.0247. The number of aromatic amines is 1. The molecule has 1 aromatic carbocycles. The van der Waals surface area contributed by atoms with Crippen molar-refractivity contribution in [3.8, 4) is 5.75 Å². The summed E-state index contributed by atoms with van der Waals surface area (Å²) in [4.78, 5) is 27.9. The predicted molar refractivity (Wildman–Crippen MR) is 122 cm³/mol. The fourth-order valence-corrected chi connectivity index (χ4v) is 6.16. The summed E-state index contributed by atoms with van der Waals surface area (Å²) in [6, 6.07) is 7.45. The fourth-order valence-electron chi connectivity index (χ4n) is 4.77. The Morgan fingerprint density at radius 3 is 2.67 bits per heavy atom. The van der Waals surface area contributed by atoms with E-state index in [1.165, 1.54) is 10.4 Å². The fraction of sp³-hybridized carbons (Fsp3) is 0.478. The highest BCUT2D eigenvalue weighted by Gasteiger charge is 2.27. The molecule has 0 bridgehead atoms. The number of aryl methyl sites for hydroxylation is 1. The van der Waals surface area contributed by atoms with Gasteiger partial charge in [-0.2, -0.15) is 0 Å². The molecule has 1 aliphatic heterocycles. The van der Waals surface area contributed by atoms with Gasteiger partial charge in [-0.25, -0.2) is 4.98 Å². The van der Waals surface area contributed by atoms with Crippen molar-refractivity contribution in [2.45, 2.75) is 39.2 Å². The number of phenolic OH excluding ortho intramolecular Hbond substituents is 1. The zero-order valence-corrected chi connectivity index (χ0v) is 18.3. The number of H-pyrrole nitrogens is 1. The van der Waals surface area contributed by atoms with Crippen molar-refractivity contribution in [3.63, 3.8) is 0 Å². The van der Waals surface area contributed by atoms with Crippen molar-refractivity contribution < 1.29 is 5.11 Å². The Balaban J connectivity index is 1.34. The molecule has 0 spiro atoms. The van der Waals surface area contributed by atoms with Crippen LogP contribution in [0, 0.1) is 5.92 Å². The molecule has 6 nitrogen and oxygen atoms in total. The first kappa shape index (κ1) is 19.6. The minimum Gasteiger partial charge on any atom is -0.508 e. The van der Waals surface area contributed by atoms with Crippen LogP contribution in [0.2, 0.25) is 0 Å². The van der Waals surface area contributed by atoms with Crippen molar-refractivity contribution in [3.05, 3.63) is 50.9 Å². The van der Waals surface area contributed by atoms with Gasteiger partial charge in [-0.15, -0.1) is 11.3 Å². The van der Waals surface area contributed by atoms with Crippen molar-refractivity contribution >= 4 is 27.2 Å². The molecule has 30 heavy (non-hydrogen) atoms. The molecule has 1 fully saturated rings. The minimum atomic E-state index is 0.0247. The number of hydrogen-bond donors (Lipinski definition) is 2. The molecular weight excluding hydrogens is 396 g/mol. The van der Waals surface area contributed by atoms with E-state index in [-0.39, 0.29) is 11.6 Å². The van der Waals surface area contributed by atoms with Gasteiger partial charge in [0.25, 0.3) is 5.56 Å². The summed E-state index contributed by atoms with van der Waals surface area (Å²) < 4.78 is 0. The highest BCUT2D eigenvalue weighted by atomic mass is 32.1. The van der Waals surface area contributed by atoms with Crippen LogP contribution in [0.4, 0.5) is 5.69 Å². The molecule has 3 heterocycles. The quantitative estimate of drug-likeness (QED) is 0.671. The maximum atomic E-state index is 12.9. The summed E-state index contributed by atoms with van der Waals surface area (Å²) in [6.07, 6.45) is 3.22. The third-order valence-corrected chi connectivity index (χ3v) is 7.80. The lowest BCUT2D eigenvalue weighted by atomic mass is 9.89. The second-order valence-electron chi connectivity index (χ2n) is 8.70. The Labute approximate surface area is 180 Å². The molecule has 1 saturated heterocycles. The Morgan fingerprint density at radius 1 is 1.20 bits per heavy atom. The number of anilines is 1. The molecule has 2 aromatic heterocycles. The number of aromatic nitrogens is 2. The van der Waals surface area contributed by atoms with Crippen LogP contribution >= 0.6 is 11.3 Å². The molecule has 0 unspecified atom stereocenters. The molecule has 2 N–H and O–H groups in total. The van der Waals surface area contributed by atoms with Gasteiger partial charge >= 0.3 is 0 Å². The number of nitrogens with zero attached hydrogens (tertiary/aromatic N) is 3. The molecule has 1 aliphatic carbocycles. The van der Waals surface area contributed by atoms with Gasteiger partial charge in [0.15, 0.2) is 0 Å². The van der Waals surface area contributed by atoms with Crippen LogP contribution in [-0.4, -0.2) is 46.2 Å². The molecule has 3 aromatic rings. The zero-order valence-electron chi connectivity index (χ0n) is 17.5. The first-order chi connectivity index (χ1) is 14.5. The van der Waals surface area contributed by atoms with Crippen LogP contribution in [0.5, 0.6) is 5.75 Å². The number of phenols is 1. The smallest absolute Gasteiger partial charge is 0.259 e. The van der Waals surface area contributed by atoms with Crippen LogP contribution in [0.25, 0.3) is 10.2 Å². The lowest BCUT2D eigenvalue weighted by molar-refractivity contribution is 0.192. The zero-order chi connectivity index (χ0) is 20.8. The van der Waals surface area contributed by atoms with E-state index in [4.69, 9.17) is 4.98 Å². The number of aromatic hydroxyl groups is 1. The number of piperazine rings is 1. The largest absolute Gasteiger partial charge is 0.508 e. The van der Waals surface area contributed by atoms with Gasteiger partial charge < -0.3 is 15.0 Å². The molecule has 7 heteroatoms. The van der Waals surface area contributed by atoms with Crippen LogP contribution in [0.1, 0.15) is 42.6 Å². The Morgan fingerprint density at radius 2 is 1.93 bits per heavy atom. The molecule has 0 saturated carbocycles. The number of benzene rings is 1. The second kappa shape index (κ2) is 7.71. The van der Waals surface area contributed by atoms with Gasteiger partial charge in [-0.3, -0.25) is 9.69 Å². The van der Waals surface area contributed by atoms with E-state index in [1.54, 1.807) is 23.5 Å². The van der Waals surface area contributed by atoms with Crippen LogP contribution in [0.3, 0.4) is 0 Å². The summed E-state index contributed by atoms with van der Waals surface area (Å²) >= 11 is 1.72. The van der Waals surface area contributed by atoms with Crippen molar-refractivity contribution in [1.82, 2.24) is 14.9 Å². The third-order valence-electron chi connectivity index (χ3n) is 6.66. The summed E-state index contributed by atoms with van der Waals surface area (Å²) in [5.41, 5.74) is 2.40. The number of nitrogens with one attached hydrogen (secondary N) is 1. The SMILES string of the molecule is C[C@H]1CCc2c(sc3nc([C@@H](C)N4CCN(c5ccc(O)cc5)CC4)[nH]c(=O)c23)C1. The molecule has 2 aliphatic rings. The van der Waals surface area contributed by atoms with Crippen LogP contribution in [-0.2, 0) is 12.8 Å². The lowest BCUT2D eigenvalue weighted by Crippen LogP contribution is -2.47.